The Morgan fingerprint density at radius 2 is 2.32 bits per heavy atom. The molecule has 0 radical (unpaired) electrons. The van der Waals surface area contributed by atoms with Crippen LogP contribution in [0, 0.1) is 0 Å². The number of ether oxygens (including phenoxy) is 1. The van der Waals surface area contributed by atoms with E-state index in [9.17, 15) is 0 Å². The van der Waals surface area contributed by atoms with Crippen LogP contribution in [0.2, 0.25) is 0 Å². The summed E-state index contributed by atoms with van der Waals surface area (Å²) < 4.78 is 7.72. The van der Waals surface area contributed by atoms with Gasteiger partial charge < -0.3 is 10.5 Å². The second-order valence-corrected chi connectivity index (χ2v) is 5.49. The number of nitrogens with zero attached hydrogens (tertiary/aromatic N) is 3. The van der Waals surface area contributed by atoms with Gasteiger partial charge in [0.15, 0.2) is 0 Å². The monoisotopic (exact) mass is 266 g/mol. The molecule has 2 heterocycles. The Labute approximate surface area is 115 Å². The highest BCUT2D eigenvalue weighted by Gasteiger charge is 2.26. The number of hydrogen-bond donors (Lipinski definition) is 1. The normalized spacial score (nSPS) is 22.9. The predicted molar refractivity (Wildman–Crippen MR) is 76.0 cm³/mol. The highest BCUT2D eigenvalue weighted by molar-refractivity contribution is 5.12. The van der Waals surface area contributed by atoms with Gasteiger partial charge in [-0.15, -0.1) is 0 Å². The lowest BCUT2D eigenvalue weighted by Gasteiger charge is -2.37. The largest absolute Gasteiger partial charge is 0.376 e. The zero-order valence-corrected chi connectivity index (χ0v) is 12.2. The summed E-state index contributed by atoms with van der Waals surface area (Å²) >= 11 is 0. The number of rotatable bonds is 5. The van der Waals surface area contributed by atoms with E-state index in [4.69, 9.17) is 10.5 Å². The van der Waals surface area contributed by atoms with Gasteiger partial charge in [0.05, 0.1) is 24.9 Å². The van der Waals surface area contributed by atoms with Gasteiger partial charge in [0.1, 0.15) is 0 Å². The van der Waals surface area contributed by atoms with E-state index in [1.54, 1.807) is 0 Å². The Bertz CT molecular complexity index is 391. The lowest BCUT2D eigenvalue weighted by atomic mass is 10.1. The van der Waals surface area contributed by atoms with Crippen LogP contribution in [0.3, 0.4) is 0 Å². The van der Waals surface area contributed by atoms with E-state index in [0.29, 0.717) is 18.7 Å². The first-order chi connectivity index (χ1) is 9.15. The van der Waals surface area contributed by atoms with Crippen molar-refractivity contribution in [3.63, 3.8) is 0 Å². The Morgan fingerprint density at radius 1 is 1.53 bits per heavy atom. The molecule has 19 heavy (non-hydrogen) atoms. The first-order valence-corrected chi connectivity index (χ1v) is 7.25. The van der Waals surface area contributed by atoms with Crippen molar-refractivity contribution in [1.29, 1.82) is 0 Å². The molecule has 5 heteroatoms. The smallest absolute Gasteiger partial charge is 0.0700 e. The zero-order chi connectivity index (χ0) is 13.8. The van der Waals surface area contributed by atoms with Crippen LogP contribution in [-0.4, -0.2) is 47.0 Å². The summed E-state index contributed by atoms with van der Waals surface area (Å²) in [5.41, 5.74) is 7.20. The molecular weight excluding hydrogens is 240 g/mol. The summed E-state index contributed by atoms with van der Waals surface area (Å²) in [7, 11) is 0. The molecule has 1 saturated heterocycles. The molecule has 2 N–H and O–H groups in total. The summed E-state index contributed by atoms with van der Waals surface area (Å²) in [5.74, 6) is 0. The van der Waals surface area contributed by atoms with Gasteiger partial charge in [0.25, 0.3) is 0 Å². The highest BCUT2D eigenvalue weighted by Crippen LogP contribution is 2.23. The quantitative estimate of drug-likeness (QED) is 0.879. The standard InChI is InChI=1S/C14H26N4O/c1-4-13-10-17(5-6-19-13)14(7-15)12-8-16-18(9-12)11(2)3/h8-9,11,13-14H,4-7,10,15H2,1-3H3. The first-order valence-electron chi connectivity index (χ1n) is 7.25. The van der Waals surface area contributed by atoms with Crippen molar-refractivity contribution >= 4 is 0 Å². The molecule has 0 amide bonds. The van der Waals surface area contributed by atoms with Gasteiger partial charge in [-0.05, 0) is 20.3 Å². The fourth-order valence-corrected chi connectivity index (χ4v) is 2.58. The molecule has 108 valence electrons. The van der Waals surface area contributed by atoms with Crippen molar-refractivity contribution in [2.45, 2.75) is 45.4 Å². The predicted octanol–water partition coefficient (Wildman–Crippen LogP) is 1.57. The Balaban J connectivity index is 2.09. The molecule has 1 aromatic rings. The van der Waals surface area contributed by atoms with Gasteiger partial charge in [0.2, 0.25) is 0 Å². The van der Waals surface area contributed by atoms with Crippen LogP contribution in [0.15, 0.2) is 12.4 Å². The van der Waals surface area contributed by atoms with Gasteiger partial charge in [0, 0.05) is 37.4 Å². The molecule has 0 aromatic carbocycles. The molecule has 1 aromatic heterocycles. The van der Waals surface area contributed by atoms with E-state index in [1.165, 1.54) is 5.56 Å². The molecule has 0 aliphatic carbocycles. The molecule has 5 nitrogen and oxygen atoms in total. The van der Waals surface area contributed by atoms with Crippen LogP contribution in [0.5, 0.6) is 0 Å². The second-order valence-electron chi connectivity index (χ2n) is 5.49. The molecule has 1 aliphatic rings. The van der Waals surface area contributed by atoms with Gasteiger partial charge in [-0.3, -0.25) is 9.58 Å². The number of aromatic nitrogens is 2. The van der Waals surface area contributed by atoms with Crippen molar-refractivity contribution in [3.8, 4) is 0 Å². The molecule has 0 bridgehead atoms. The Morgan fingerprint density at radius 3 is 2.89 bits per heavy atom. The number of morpholine rings is 1. The van der Waals surface area contributed by atoms with Crippen molar-refractivity contribution < 1.29 is 4.74 Å². The SMILES string of the molecule is CCC1CN(C(CN)c2cnn(C(C)C)c2)CCO1. The van der Waals surface area contributed by atoms with E-state index >= 15 is 0 Å². The van der Waals surface area contributed by atoms with Gasteiger partial charge in [-0.1, -0.05) is 6.92 Å². The van der Waals surface area contributed by atoms with Crippen LogP contribution in [0.4, 0.5) is 0 Å². The summed E-state index contributed by atoms with van der Waals surface area (Å²) in [5, 5.41) is 4.42. The van der Waals surface area contributed by atoms with E-state index in [-0.39, 0.29) is 6.04 Å². The molecule has 1 fully saturated rings. The van der Waals surface area contributed by atoms with Crippen molar-refractivity contribution in [3.05, 3.63) is 18.0 Å². The summed E-state index contributed by atoms with van der Waals surface area (Å²) in [6.45, 7) is 9.78. The van der Waals surface area contributed by atoms with Gasteiger partial charge >= 0.3 is 0 Å². The molecule has 1 aliphatic heterocycles. The van der Waals surface area contributed by atoms with E-state index < -0.39 is 0 Å². The average molecular weight is 266 g/mol. The summed E-state index contributed by atoms with van der Waals surface area (Å²) in [6, 6.07) is 0.644. The minimum absolute atomic E-state index is 0.255. The van der Waals surface area contributed by atoms with Gasteiger partial charge in [-0.25, -0.2) is 0 Å². The molecule has 2 unspecified atom stereocenters. The Hall–Kier alpha value is -0.910. The molecule has 2 rings (SSSR count). The third-order valence-corrected chi connectivity index (χ3v) is 3.82. The van der Waals surface area contributed by atoms with Crippen molar-refractivity contribution in [2.75, 3.05) is 26.2 Å². The minimum Gasteiger partial charge on any atom is -0.376 e. The average Bonchev–Trinajstić information content (AvgIpc) is 2.90. The maximum atomic E-state index is 5.99. The lowest BCUT2D eigenvalue weighted by Crippen LogP contribution is -2.45. The van der Waals surface area contributed by atoms with E-state index in [1.807, 2.05) is 10.9 Å². The van der Waals surface area contributed by atoms with Crippen LogP contribution >= 0.6 is 0 Å². The van der Waals surface area contributed by atoms with Crippen LogP contribution < -0.4 is 5.73 Å². The zero-order valence-electron chi connectivity index (χ0n) is 12.2. The van der Waals surface area contributed by atoms with E-state index in [2.05, 4.69) is 37.0 Å². The van der Waals surface area contributed by atoms with Crippen molar-refractivity contribution in [1.82, 2.24) is 14.7 Å². The fraction of sp³-hybridized carbons (Fsp3) is 0.786. The van der Waals surface area contributed by atoms with Crippen molar-refractivity contribution in [2.24, 2.45) is 5.73 Å². The molecule has 0 saturated carbocycles. The van der Waals surface area contributed by atoms with Gasteiger partial charge in [-0.2, -0.15) is 5.10 Å². The maximum Gasteiger partial charge on any atom is 0.0700 e. The fourth-order valence-electron chi connectivity index (χ4n) is 2.58. The third-order valence-electron chi connectivity index (χ3n) is 3.82. The summed E-state index contributed by atoms with van der Waals surface area (Å²) in [4.78, 5) is 2.43. The minimum atomic E-state index is 0.255. The topological polar surface area (TPSA) is 56.3 Å². The lowest BCUT2D eigenvalue weighted by molar-refractivity contribution is -0.0437. The maximum absolute atomic E-state index is 5.99. The Kier molecular flexibility index (Phi) is 4.96. The van der Waals surface area contributed by atoms with Crippen LogP contribution in [0.25, 0.3) is 0 Å². The highest BCUT2D eigenvalue weighted by atomic mass is 16.5. The number of nitrogens with two attached hydrogens (primary N) is 1. The molecule has 0 spiro atoms. The molecule has 2 atom stereocenters. The van der Waals surface area contributed by atoms with Crippen LogP contribution in [-0.2, 0) is 4.74 Å². The number of hydrogen-bond acceptors (Lipinski definition) is 4. The van der Waals surface area contributed by atoms with E-state index in [0.717, 1.165) is 26.1 Å². The van der Waals surface area contributed by atoms with Crippen LogP contribution in [0.1, 0.15) is 44.8 Å². The summed E-state index contributed by atoms with van der Waals surface area (Å²) in [6.07, 6.45) is 5.47. The molecular formula is C14H26N4O. The first kappa shape index (κ1) is 14.5. The third kappa shape index (κ3) is 3.35. The second kappa shape index (κ2) is 6.50.